The van der Waals surface area contributed by atoms with E-state index in [4.69, 9.17) is 4.74 Å². The highest BCUT2D eigenvalue weighted by Gasteiger charge is 2.29. The van der Waals surface area contributed by atoms with Gasteiger partial charge in [0.05, 0.1) is 18.6 Å². The largest absolute Gasteiger partial charge is 0.492 e. The first-order valence-corrected chi connectivity index (χ1v) is 14.4. The molecule has 0 aliphatic rings. The van der Waals surface area contributed by atoms with Crippen LogP contribution >= 0.6 is 0 Å². The van der Waals surface area contributed by atoms with Crippen molar-refractivity contribution in [3.05, 3.63) is 59.7 Å². The maximum absolute atomic E-state index is 13.5. The molecule has 0 saturated carbocycles. The summed E-state index contributed by atoms with van der Waals surface area (Å²) in [6.07, 6.45) is 1.51. The quantitative estimate of drug-likeness (QED) is 0.441. The summed E-state index contributed by atoms with van der Waals surface area (Å²) >= 11 is 0. The van der Waals surface area contributed by atoms with E-state index in [1.165, 1.54) is 4.31 Å². The summed E-state index contributed by atoms with van der Waals surface area (Å²) in [4.78, 5) is 28.0. The third-order valence-electron chi connectivity index (χ3n) is 5.85. The summed E-state index contributed by atoms with van der Waals surface area (Å²) < 4.78 is 32.2. The van der Waals surface area contributed by atoms with Crippen LogP contribution in [0.2, 0.25) is 0 Å². The fourth-order valence-corrected chi connectivity index (χ4v) is 4.92. The molecule has 2 aromatic rings. The van der Waals surface area contributed by atoms with E-state index in [1.807, 2.05) is 58.9 Å². The molecule has 0 bridgehead atoms. The van der Waals surface area contributed by atoms with Crippen LogP contribution in [0.3, 0.4) is 0 Å². The maximum atomic E-state index is 13.5. The van der Waals surface area contributed by atoms with Crippen molar-refractivity contribution < 1.29 is 22.7 Å². The molecule has 0 fully saturated rings. The summed E-state index contributed by atoms with van der Waals surface area (Å²) in [5, 5.41) is 2.95. The Morgan fingerprint density at radius 3 is 2.27 bits per heavy atom. The minimum Gasteiger partial charge on any atom is -0.492 e. The molecule has 0 spiro atoms. The van der Waals surface area contributed by atoms with Crippen LogP contribution in [0, 0.1) is 6.92 Å². The van der Waals surface area contributed by atoms with E-state index in [-0.39, 0.29) is 37.7 Å². The zero-order valence-electron chi connectivity index (χ0n) is 23.1. The average molecular weight is 532 g/mol. The van der Waals surface area contributed by atoms with Gasteiger partial charge >= 0.3 is 0 Å². The lowest BCUT2D eigenvalue weighted by molar-refractivity contribution is -0.141. The highest BCUT2D eigenvalue weighted by Crippen LogP contribution is 2.30. The van der Waals surface area contributed by atoms with Crippen molar-refractivity contribution in [2.45, 2.75) is 72.5 Å². The van der Waals surface area contributed by atoms with Crippen molar-refractivity contribution in [1.82, 2.24) is 10.2 Å². The van der Waals surface area contributed by atoms with Crippen LogP contribution in [-0.4, -0.2) is 56.1 Å². The number of hydrogen-bond acceptors (Lipinski definition) is 5. The molecule has 0 radical (unpaired) electrons. The number of ether oxygens (including phenoxy) is 1. The van der Waals surface area contributed by atoms with Gasteiger partial charge < -0.3 is 15.0 Å². The number of carbonyl (C=O) groups is 2. The average Bonchev–Trinajstić information content (AvgIpc) is 2.79. The van der Waals surface area contributed by atoms with Crippen LogP contribution in [0.5, 0.6) is 5.75 Å². The topological polar surface area (TPSA) is 96.0 Å². The predicted molar refractivity (Wildman–Crippen MR) is 148 cm³/mol. The van der Waals surface area contributed by atoms with Crippen LogP contribution in [0.15, 0.2) is 48.5 Å². The molecule has 2 aromatic carbocycles. The number of nitrogens with zero attached hydrogens (tertiary/aromatic N) is 2. The van der Waals surface area contributed by atoms with E-state index in [0.717, 1.165) is 17.4 Å². The Balaban J connectivity index is 2.24. The lowest BCUT2D eigenvalue weighted by Gasteiger charge is -2.32. The summed E-state index contributed by atoms with van der Waals surface area (Å²) in [5.41, 5.74) is 1.98. The van der Waals surface area contributed by atoms with E-state index in [0.29, 0.717) is 18.0 Å². The fourth-order valence-electron chi connectivity index (χ4n) is 3.95. The molecule has 1 N–H and O–H groups in total. The van der Waals surface area contributed by atoms with Crippen molar-refractivity contribution >= 4 is 27.5 Å². The highest BCUT2D eigenvalue weighted by molar-refractivity contribution is 7.92. The predicted octanol–water partition coefficient (Wildman–Crippen LogP) is 4.27. The zero-order valence-corrected chi connectivity index (χ0v) is 23.9. The van der Waals surface area contributed by atoms with Gasteiger partial charge in [-0.25, -0.2) is 8.42 Å². The summed E-state index contributed by atoms with van der Waals surface area (Å²) in [6, 6.07) is 14.0. The van der Waals surface area contributed by atoms with Crippen molar-refractivity contribution in [3.8, 4) is 5.75 Å². The van der Waals surface area contributed by atoms with Gasteiger partial charge in [-0.15, -0.1) is 0 Å². The Hall–Kier alpha value is -3.07. The summed E-state index contributed by atoms with van der Waals surface area (Å²) in [6.45, 7) is 12.0. The third-order valence-corrected chi connectivity index (χ3v) is 7.03. The molecule has 2 amide bonds. The summed E-state index contributed by atoms with van der Waals surface area (Å²) in [7, 11) is -3.62. The number of hydrogen-bond donors (Lipinski definition) is 1. The lowest BCUT2D eigenvalue weighted by Crippen LogP contribution is -2.52. The van der Waals surface area contributed by atoms with E-state index in [1.54, 1.807) is 36.1 Å². The van der Waals surface area contributed by atoms with Crippen molar-refractivity contribution in [2.24, 2.45) is 0 Å². The number of carbonyl (C=O) groups excluding carboxylic acids is 2. The number of para-hydroxylation sites is 2. The Morgan fingerprint density at radius 1 is 1.05 bits per heavy atom. The van der Waals surface area contributed by atoms with E-state index < -0.39 is 21.6 Å². The van der Waals surface area contributed by atoms with Gasteiger partial charge in [0.2, 0.25) is 21.8 Å². The number of benzene rings is 2. The van der Waals surface area contributed by atoms with Crippen molar-refractivity contribution in [1.29, 1.82) is 0 Å². The van der Waals surface area contributed by atoms with Crippen LogP contribution in [0.1, 0.15) is 58.6 Å². The maximum Gasteiger partial charge on any atom is 0.242 e. The molecule has 0 unspecified atom stereocenters. The highest BCUT2D eigenvalue weighted by atomic mass is 32.2. The van der Waals surface area contributed by atoms with Gasteiger partial charge in [0, 0.05) is 25.0 Å². The smallest absolute Gasteiger partial charge is 0.242 e. The first-order chi connectivity index (χ1) is 17.2. The van der Waals surface area contributed by atoms with Gasteiger partial charge in [0.1, 0.15) is 11.8 Å². The molecule has 204 valence electrons. The number of sulfonamides is 1. The standard InChI is InChI=1S/C28H41N3O5S/c1-8-36-25-17-12-11-16-24(25)31(37(7,34)35)19-13-18-26(32)30(20-23-15-10-9-14-21(23)2)22(3)27(33)29-28(4,5)6/h9-12,14-17,22H,8,13,18-20H2,1-7H3,(H,29,33)/t22-/m0/s1. The second-order valence-electron chi connectivity index (χ2n) is 10.2. The molecule has 37 heavy (non-hydrogen) atoms. The number of anilines is 1. The minimum absolute atomic E-state index is 0.0852. The van der Waals surface area contributed by atoms with Crippen LogP contribution in [0.25, 0.3) is 0 Å². The number of nitrogens with one attached hydrogen (secondary N) is 1. The SMILES string of the molecule is CCOc1ccccc1N(CCCC(=O)N(Cc1ccccc1C)[C@@H](C)C(=O)NC(C)(C)C)S(C)(=O)=O. The van der Waals surface area contributed by atoms with Crippen LogP contribution in [0.4, 0.5) is 5.69 Å². The van der Waals surface area contributed by atoms with Gasteiger partial charge in [-0.1, -0.05) is 36.4 Å². The van der Waals surface area contributed by atoms with Crippen LogP contribution < -0.4 is 14.4 Å². The molecule has 1 atom stereocenters. The Morgan fingerprint density at radius 2 is 1.68 bits per heavy atom. The lowest BCUT2D eigenvalue weighted by atomic mass is 10.1. The van der Waals surface area contributed by atoms with Gasteiger partial charge in [-0.2, -0.15) is 0 Å². The van der Waals surface area contributed by atoms with Gasteiger partial charge in [-0.3, -0.25) is 13.9 Å². The van der Waals surface area contributed by atoms with E-state index in [2.05, 4.69) is 5.32 Å². The molecule has 9 heteroatoms. The summed E-state index contributed by atoms with van der Waals surface area (Å²) in [5.74, 6) is 0.0135. The Kier molecular flexibility index (Phi) is 10.5. The van der Waals surface area contributed by atoms with Crippen molar-refractivity contribution in [2.75, 3.05) is 23.7 Å². The molecule has 0 aliphatic heterocycles. The first kappa shape index (κ1) is 30.2. The number of rotatable bonds is 12. The Bertz CT molecular complexity index is 1170. The van der Waals surface area contributed by atoms with Crippen LogP contribution in [-0.2, 0) is 26.2 Å². The normalized spacial score (nSPS) is 12.5. The number of aryl methyl sites for hydroxylation is 1. The molecule has 8 nitrogen and oxygen atoms in total. The second kappa shape index (κ2) is 12.9. The molecule has 0 aliphatic carbocycles. The van der Waals surface area contributed by atoms with Gasteiger partial charge in [0.15, 0.2) is 0 Å². The third kappa shape index (κ3) is 9.07. The fraction of sp³-hybridized carbons (Fsp3) is 0.500. The molecule has 0 aromatic heterocycles. The number of amides is 2. The van der Waals surface area contributed by atoms with E-state index in [9.17, 15) is 18.0 Å². The minimum atomic E-state index is -3.62. The van der Waals surface area contributed by atoms with Crippen molar-refractivity contribution in [3.63, 3.8) is 0 Å². The molecule has 0 saturated heterocycles. The monoisotopic (exact) mass is 531 g/mol. The van der Waals surface area contributed by atoms with Gasteiger partial charge in [0.25, 0.3) is 0 Å². The zero-order chi connectivity index (χ0) is 27.8. The molecule has 2 rings (SSSR count). The Labute approximate surface area is 222 Å². The molecular formula is C28H41N3O5S. The molecule has 0 heterocycles. The van der Waals surface area contributed by atoms with E-state index >= 15 is 0 Å². The molecular weight excluding hydrogens is 490 g/mol. The first-order valence-electron chi connectivity index (χ1n) is 12.6. The second-order valence-corrected chi connectivity index (χ2v) is 12.1. The van der Waals surface area contributed by atoms with Gasteiger partial charge in [-0.05, 0) is 71.2 Å².